The highest BCUT2D eigenvalue weighted by molar-refractivity contribution is 7.80. The Balaban J connectivity index is 2.11. The van der Waals surface area contributed by atoms with Gasteiger partial charge in [0.05, 0.1) is 11.1 Å². The van der Waals surface area contributed by atoms with Gasteiger partial charge >= 0.3 is 0 Å². The second kappa shape index (κ2) is 5.46. The molecular weight excluding hydrogens is 282 g/mol. The van der Waals surface area contributed by atoms with Crippen LogP contribution in [0.3, 0.4) is 0 Å². The van der Waals surface area contributed by atoms with Crippen LogP contribution in [0.25, 0.3) is 10.9 Å². The third-order valence-electron chi connectivity index (χ3n) is 3.08. The predicted molar refractivity (Wildman–Crippen MR) is 86.7 cm³/mol. The van der Waals surface area contributed by atoms with Crippen molar-refractivity contribution in [3.63, 3.8) is 0 Å². The maximum Gasteiger partial charge on any atom is 0.229 e. The lowest BCUT2D eigenvalue weighted by atomic mass is 10.2. The second-order valence-corrected chi connectivity index (χ2v) is 5.04. The van der Waals surface area contributed by atoms with Gasteiger partial charge in [0.25, 0.3) is 0 Å². The van der Waals surface area contributed by atoms with Crippen LogP contribution in [0.4, 0.5) is 0 Å². The Morgan fingerprint density at radius 1 is 1.14 bits per heavy atom. The summed E-state index contributed by atoms with van der Waals surface area (Å²) in [6.07, 6.45) is 1.75. The van der Waals surface area contributed by atoms with Gasteiger partial charge in [0.2, 0.25) is 5.88 Å². The van der Waals surface area contributed by atoms with Crippen molar-refractivity contribution in [2.75, 3.05) is 0 Å². The molecule has 4 nitrogen and oxygen atoms in total. The van der Waals surface area contributed by atoms with Gasteiger partial charge in [-0.15, -0.1) is 0 Å². The van der Waals surface area contributed by atoms with Crippen LogP contribution >= 0.6 is 12.2 Å². The molecule has 0 aliphatic rings. The summed E-state index contributed by atoms with van der Waals surface area (Å²) >= 11 is 5.05. The largest absolute Gasteiger partial charge is 0.438 e. The smallest absolute Gasteiger partial charge is 0.229 e. The van der Waals surface area contributed by atoms with Gasteiger partial charge in [-0.2, -0.15) is 0 Å². The van der Waals surface area contributed by atoms with Crippen molar-refractivity contribution in [1.82, 2.24) is 9.97 Å². The van der Waals surface area contributed by atoms with Crippen LogP contribution in [0.1, 0.15) is 11.3 Å². The first-order valence-corrected chi connectivity index (χ1v) is 6.85. The molecule has 2 aromatic heterocycles. The van der Waals surface area contributed by atoms with Crippen molar-refractivity contribution in [2.24, 2.45) is 5.73 Å². The van der Waals surface area contributed by atoms with E-state index in [-0.39, 0.29) is 4.99 Å². The second-order valence-electron chi connectivity index (χ2n) is 4.60. The molecule has 0 aliphatic heterocycles. The lowest BCUT2D eigenvalue weighted by molar-refractivity contribution is 0.466. The SMILES string of the molecule is Cc1ccc(C(N)=S)c(Oc2cccc3ncccc23)n1. The molecule has 3 aromatic rings. The lowest BCUT2D eigenvalue weighted by Crippen LogP contribution is -2.12. The van der Waals surface area contributed by atoms with Crippen LogP contribution < -0.4 is 10.5 Å². The fourth-order valence-corrected chi connectivity index (χ4v) is 2.22. The number of rotatable bonds is 3. The highest BCUT2D eigenvalue weighted by atomic mass is 32.1. The molecule has 1 aromatic carbocycles. The van der Waals surface area contributed by atoms with Gasteiger partial charge in [0.15, 0.2) is 0 Å². The first-order chi connectivity index (χ1) is 10.1. The zero-order chi connectivity index (χ0) is 14.8. The normalized spacial score (nSPS) is 10.5. The summed E-state index contributed by atoms with van der Waals surface area (Å²) < 4.78 is 5.95. The molecule has 21 heavy (non-hydrogen) atoms. The van der Waals surface area contributed by atoms with Gasteiger partial charge < -0.3 is 10.5 Å². The highest BCUT2D eigenvalue weighted by Crippen LogP contribution is 2.29. The van der Waals surface area contributed by atoms with E-state index < -0.39 is 0 Å². The summed E-state index contributed by atoms with van der Waals surface area (Å²) in [6.45, 7) is 1.89. The Bertz CT molecular complexity index is 827. The molecule has 3 rings (SSSR count). The molecule has 0 atom stereocenters. The number of thiocarbonyl (C=S) groups is 1. The van der Waals surface area contributed by atoms with E-state index in [2.05, 4.69) is 9.97 Å². The van der Waals surface area contributed by atoms with E-state index >= 15 is 0 Å². The lowest BCUT2D eigenvalue weighted by Gasteiger charge is -2.11. The molecule has 0 radical (unpaired) electrons. The molecule has 104 valence electrons. The minimum Gasteiger partial charge on any atom is -0.438 e. The quantitative estimate of drug-likeness (QED) is 0.751. The Kier molecular flexibility index (Phi) is 3.50. The molecule has 0 fully saturated rings. The van der Waals surface area contributed by atoms with E-state index in [0.29, 0.717) is 17.2 Å². The van der Waals surface area contributed by atoms with Crippen molar-refractivity contribution in [1.29, 1.82) is 0 Å². The van der Waals surface area contributed by atoms with Crippen LogP contribution in [-0.4, -0.2) is 15.0 Å². The van der Waals surface area contributed by atoms with E-state index in [0.717, 1.165) is 16.6 Å². The first-order valence-electron chi connectivity index (χ1n) is 6.44. The van der Waals surface area contributed by atoms with E-state index in [1.54, 1.807) is 6.20 Å². The zero-order valence-electron chi connectivity index (χ0n) is 11.4. The summed E-state index contributed by atoms with van der Waals surface area (Å²) in [4.78, 5) is 8.95. The van der Waals surface area contributed by atoms with E-state index in [9.17, 15) is 0 Å². The number of aryl methyl sites for hydroxylation is 1. The number of hydrogen-bond acceptors (Lipinski definition) is 4. The first kappa shape index (κ1) is 13.5. The van der Waals surface area contributed by atoms with Crippen LogP contribution in [0.15, 0.2) is 48.7 Å². The Morgan fingerprint density at radius 3 is 2.81 bits per heavy atom. The van der Waals surface area contributed by atoms with Gasteiger partial charge in [-0.1, -0.05) is 18.3 Å². The number of pyridine rings is 2. The maximum absolute atomic E-state index is 5.95. The molecule has 5 heteroatoms. The number of nitrogens with two attached hydrogens (primary N) is 1. The van der Waals surface area contributed by atoms with Gasteiger partial charge in [-0.05, 0) is 43.3 Å². The molecule has 0 spiro atoms. The van der Waals surface area contributed by atoms with Gasteiger partial charge in [0, 0.05) is 17.3 Å². The summed E-state index contributed by atoms with van der Waals surface area (Å²) in [7, 11) is 0. The number of nitrogens with zero attached hydrogens (tertiary/aromatic N) is 2. The van der Waals surface area contributed by atoms with Crippen LogP contribution in [0.5, 0.6) is 11.6 Å². The van der Waals surface area contributed by atoms with Crippen LogP contribution in [0, 0.1) is 6.92 Å². The van der Waals surface area contributed by atoms with Crippen molar-refractivity contribution in [3.8, 4) is 11.6 Å². The van der Waals surface area contributed by atoms with Crippen LogP contribution in [0.2, 0.25) is 0 Å². The average Bonchev–Trinajstić information content (AvgIpc) is 2.47. The molecule has 0 aliphatic carbocycles. The van der Waals surface area contributed by atoms with Gasteiger partial charge in [0.1, 0.15) is 10.7 Å². The van der Waals surface area contributed by atoms with Crippen molar-refractivity contribution < 1.29 is 4.74 Å². The number of ether oxygens (including phenoxy) is 1. The molecule has 0 bridgehead atoms. The molecule has 2 heterocycles. The summed E-state index contributed by atoms with van der Waals surface area (Å²) in [6, 6.07) is 13.2. The monoisotopic (exact) mass is 295 g/mol. The maximum atomic E-state index is 5.95. The number of aromatic nitrogens is 2. The molecule has 0 saturated carbocycles. The Hall–Kier alpha value is -2.53. The fourth-order valence-electron chi connectivity index (χ4n) is 2.07. The van der Waals surface area contributed by atoms with E-state index in [1.807, 2.05) is 49.4 Å². The molecule has 0 unspecified atom stereocenters. The minimum absolute atomic E-state index is 0.260. The predicted octanol–water partition coefficient (Wildman–Crippen LogP) is 3.36. The fraction of sp³-hybridized carbons (Fsp3) is 0.0625. The topological polar surface area (TPSA) is 61.0 Å². The standard InChI is InChI=1S/C16H13N3OS/c1-10-7-8-12(15(17)21)16(19-10)20-14-6-2-5-13-11(14)4-3-9-18-13/h2-9H,1H3,(H2,17,21). The molecule has 0 saturated heterocycles. The van der Waals surface area contributed by atoms with Crippen molar-refractivity contribution in [2.45, 2.75) is 6.92 Å². The van der Waals surface area contributed by atoms with Crippen LogP contribution in [-0.2, 0) is 0 Å². The molecular formula is C16H13N3OS. The zero-order valence-corrected chi connectivity index (χ0v) is 12.2. The third-order valence-corrected chi connectivity index (χ3v) is 3.30. The van der Waals surface area contributed by atoms with Gasteiger partial charge in [-0.25, -0.2) is 4.98 Å². The highest BCUT2D eigenvalue weighted by Gasteiger charge is 2.11. The molecule has 0 amide bonds. The summed E-state index contributed by atoms with van der Waals surface area (Å²) in [5.74, 6) is 1.09. The van der Waals surface area contributed by atoms with E-state index in [1.165, 1.54) is 0 Å². The molecule has 2 N–H and O–H groups in total. The summed E-state index contributed by atoms with van der Waals surface area (Å²) in [5.41, 5.74) is 8.05. The number of benzene rings is 1. The Morgan fingerprint density at radius 2 is 2.00 bits per heavy atom. The Labute approximate surface area is 127 Å². The van der Waals surface area contributed by atoms with Crippen molar-refractivity contribution >= 4 is 28.1 Å². The number of fused-ring (bicyclic) bond motifs is 1. The van der Waals surface area contributed by atoms with Crippen molar-refractivity contribution in [3.05, 3.63) is 59.9 Å². The number of hydrogen-bond donors (Lipinski definition) is 1. The third kappa shape index (κ3) is 2.68. The minimum atomic E-state index is 0.260. The average molecular weight is 295 g/mol. The van der Waals surface area contributed by atoms with Gasteiger partial charge in [-0.3, -0.25) is 4.98 Å². The summed E-state index contributed by atoms with van der Waals surface area (Å²) in [5, 5.41) is 0.914. The van der Waals surface area contributed by atoms with E-state index in [4.69, 9.17) is 22.7 Å².